The Hall–Kier alpha value is 0.0334. The minimum Gasteiger partial charge on any atom is -0.419 e. The topological polar surface area (TPSA) is 17.1 Å². The monoisotopic (exact) mass is 147 g/mol. The Morgan fingerprint density at radius 2 is 2.14 bits per heavy atom. The molecule has 0 spiro atoms. The molecule has 0 bridgehead atoms. The van der Waals surface area contributed by atoms with E-state index in [4.69, 9.17) is 0 Å². The van der Waals surface area contributed by atoms with E-state index in [2.05, 4.69) is 0 Å². The molecular formula is C5H7OZn-. The van der Waals surface area contributed by atoms with Crippen molar-refractivity contribution in [2.24, 2.45) is 0 Å². The van der Waals surface area contributed by atoms with Crippen LogP contribution in [0.3, 0.4) is 0 Å². The van der Waals surface area contributed by atoms with Gasteiger partial charge in [0.2, 0.25) is 0 Å². The summed E-state index contributed by atoms with van der Waals surface area (Å²) < 4.78 is 0. The summed E-state index contributed by atoms with van der Waals surface area (Å²) in [5.41, 5.74) is 0.662. The van der Waals surface area contributed by atoms with Gasteiger partial charge in [-0.05, 0) is 6.29 Å². The van der Waals surface area contributed by atoms with Gasteiger partial charge in [0.05, 0.1) is 0 Å². The predicted octanol–water partition coefficient (Wildman–Crippen LogP) is 1.06. The van der Waals surface area contributed by atoms with Crippen LogP contribution in [0.5, 0.6) is 0 Å². The van der Waals surface area contributed by atoms with Crippen LogP contribution in [0.4, 0.5) is 0 Å². The van der Waals surface area contributed by atoms with E-state index >= 15 is 0 Å². The van der Waals surface area contributed by atoms with Crippen molar-refractivity contribution in [1.29, 1.82) is 0 Å². The van der Waals surface area contributed by atoms with Gasteiger partial charge in [-0.1, -0.05) is 6.92 Å². The van der Waals surface area contributed by atoms with Gasteiger partial charge in [0, 0.05) is 19.5 Å². The second-order valence-electron chi connectivity index (χ2n) is 1.07. The zero-order valence-electron chi connectivity index (χ0n) is 4.69. The maximum atomic E-state index is 9.54. The molecule has 0 amide bonds. The predicted molar refractivity (Wildman–Crippen MR) is 25.1 cm³/mol. The molecule has 0 aromatic rings. The van der Waals surface area contributed by atoms with Gasteiger partial charge in [-0.2, -0.15) is 5.57 Å². The van der Waals surface area contributed by atoms with Crippen molar-refractivity contribution < 1.29 is 24.3 Å². The summed E-state index contributed by atoms with van der Waals surface area (Å²) in [5.74, 6) is 0. The Balaban J connectivity index is 0. The molecule has 0 aliphatic heterocycles. The third kappa shape index (κ3) is 6.03. The van der Waals surface area contributed by atoms with E-state index in [-0.39, 0.29) is 19.5 Å². The quantitative estimate of drug-likeness (QED) is 0.309. The van der Waals surface area contributed by atoms with Gasteiger partial charge in [0.1, 0.15) is 0 Å². The van der Waals surface area contributed by atoms with Gasteiger partial charge in [-0.15, -0.1) is 6.92 Å². The molecular weight excluding hydrogens is 141 g/mol. The SMILES string of the molecule is CC=C(C)[C-]=O.[Zn]. The van der Waals surface area contributed by atoms with Gasteiger partial charge in [-0.25, -0.2) is 6.08 Å². The Morgan fingerprint density at radius 3 is 2.14 bits per heavy atom. The van der Waals surface area contributed by atoms with Crippen molar-refractivity contribution >= 4 is 6.29 Å². The third-order valence-corrected chi connectivity index (χ3v) is 0.594. The summed E-state index contributed by atoms with van der Waals surface area (Å²) in [4.78, 5) is 9.54. The van der Waals surface area contributed by atoms with Gasteiger partial charge < -0.3 is 4.79 Å². The normalized spacial score (nSPS) is 9.71. The minimum atomic E-state index is 0. The molecule has 0 saturated heterocycles. The molecule has 0 aromatic carbocycles. The summed E-state index contributed by atoms with van der Waals surface area (Å²) in [6.07, 6.45) is 3.44. The first kappa shape index (κ1) is 10.1. The standard InChI is InChI=1S/C5H7O.Zn/c1-3-5(2)4-6;/h3H,1-2H3;/q-1;. The fraction of sp³-hybridized carbons (Fsp3) is 0.400. The Kier molecular flexibility index (Phi) is 8.71. The fourth-order valence-corrected chi connectivity index (χ4v) is 0.0589. The number of rotatable bonds is 1. The molecule has 0 unspecified atom stereocenters. The molecule has 0 N–H and O–H groups in total. The van der Waals surface area contributed by atoms with E-state index in [0.717, 1.165) is 0 Å². The van der Waals surface area contributed by atoms with E-state index < -0.39 is 0 Å². The Labute approximate surface area is 56.6 Å². The van der Waals surface area contributed by atoms with Crippen LogP contribution >= 0.6 is 0 Å². The molecule has 7 heavy (non-hydrogen) atoms. The minimum absolute atomic E-state index is 0. The molecule has 1 nitrogen and oxygen atoms in total. The molecule has 0 saturated carbocycles. The van der Waals surface area contributed by atoms with E-state index in [0.29, 0.717) is 5.57 Å². The molecule has 2 heteroatoms. The summed E-state index contributed by atoms with van der Waals surface area (Å²) in [7, 11) is 0. The average Bonchev–Trinajstić information content (AvgIpc) is 1.65. The van der Waals surface area contributed by atoms with Crippen molar-refractivity contribution in [3.63, 3.8) is 0 Å². The van der Waals surface area contributed by atoms with E-state index in [1.54, 1.807) is 26.2 Å². The molecule has 0 rings (SSSR count). The average molecular weight is 148 g/mol. The van der Waals surface area contributed by atoms with Gasteiger partial charge in [0.25, 0.3) is 0 Å². The first-order chi connectivity index (χ1) is 2.81. The van der Waals surface area contributed by atoms with Gasteiger partial charge in [-0.3, -0.25) is 0 Å². The van der Waals surface area contributed by atoms with Crippen LogP contribution in [-0.2, 0) is 24.3 Å². The zero-order chi connectivity index (χ0) is 4.99. The van der Waals surface area contributed by atoms with Crippen LogP contribution in [0.2, 0.25) is 0 Å². The molecule has 0 atom stereocenters. The molecule has 0 heterocycles. The van der Waals surface area contributed by atoms with Crippen LogP contribution < -0.4 is 0 Å². The van der Waals surface area contributed by atoms with Crippen LogP contribution in [-0.4, -0.2) is 6.29 Å². The first-order valence-corrected chi connectivity index (χ1v) is 1.82. The van der Waals surface area contributed by atoms with E-state index in [9.17, 15) is 4.79 Å². The smallest absolute Gasteiger partial charge is 0 e. The number of hydrogen-bond acceptors (Lipinski definition) is 1. The van der Waals surface area contributed by atoms with Crippen molar-refractivity contribution in [2.45, 2.75) is 13.8 Å². The van der Waals surface area contributed by atoms with Crippen LogP contribution in [0, 0.1) is 0 Å². The molecule has 36 valence electrons. The van der Waals surface area contributed by atoms with Crippen molar-refractivity contribution in [3.8, 4) is 0 Å². The Bertz CT molecular complexity index is 76.1. The number of carbonyl (C=O) groups excluding carboxylic acids is 1. The van der Waals surface area contributed by atoms with Crippen LogP contribution in [0.15, 0.2) is 11.6 Å². The first-order valence-electron chi connectivity index (χ1n) is 1.82. The summed E-state index contributed by atoms with van der Waals surface area (Å²) in [6, 6.07) is 0. The summed E-state index contributed by atoms with van der Waals surface area (Å²) in [5, 5.41) is 0. The molecule has 0 aromatic heterocycles. The Morgan fingerprint density at radius 1 is 1.71 bits per heavy atom. The number of allylic oxidation sites excluding steroid dienone is 2. The maximum Gasteiger partial charge on any atom is 0 e. The second kappa shape index (κ2) is 6.03. The van der Waals surface area contributed by atoms with Crippen LogP contribution in [0.25, 0.3) is 0 Å². The van der Waals surface area contributed by atoms with Gasteiger partial charge >= 0.3 is 0 Å². The fourth-order valence-electron chi connectivity index (χ4n) is 0.0589. The van der Waals surface area contributed by atoms with E-state index in [1.807, 2.05) is 0 Å². The second-order valence-corrected chi connectivity index (χ2v) is 1.07. The zero-order valence-corrected chi connectivity index (χ0v) is 7.66. The number of hydrogen-bond donors (Lipinski definition) is 0. The molecule has 0 aliphatic carbocycles. The van der Waals surface area contributed by atoms with Gasteiger partial charge in [0.15, 0.2) is 0 Å². The van der Waals surface area contributed by atoms with Crippen molar-refractivity contribution in [3.05, 3.63) is 11.6 Å². The summed E-state index contributed by atoms with van der Waals surface area (Å²) in [6.45, 7) is 3.52. The molecule has 0 radical (unpaired) electrons. The third-order valence-electron chi connectivity index (χ3n) is 0.594. The maximum absolute atomic E-state index is 9.54. The molecule has 0 aliphatic rings. The molecule has 0 fully saturated rings. The van der Waals surface area contributed by atoms with Crippen molar-refractivity contribution in [1.82, 2.24) is 0 Å². The summed E-state index contributed by atoms with van der Waals surface area (Å²) >= 11 is 0. The van der Waals surface area contributed by atoms with E-state index in [1.165, 1.54) is 0 Å². The van der Waals surface area contributed by atoms with Crippen LogP contribution in [0.1, 0.15) is 13.8 Å². The van der Waals surface area contributed by atoms with Crippen molar-refractivity contribution in [2.75, 3.05) is 0 Å². The largest absolute Gasteiger partial charge is 0.419 e.